The van der Waals surface area contributed by atoms with E-state index in [9.17, 15) is 0 Å². The van der Waals surface area contributed by atoms with Crippen LogP contribution in [0.1, 0.15) is 156 Å². The van der Waals surface area contributed by atoms with Crippen LogP contribution in [0.15, 0.2) is 0 Å². The zero-order chi connectivity index (χ0) is 26.3. The van der Waals surface area contributed by atoms with Gasteiger partial charge >= 0.3 is 30.8 Å². The van der Waals surface area contributed by atoms with Crippen molar-refractivity contribution >= 4 is 22.3 Å². The summed E-state index contributed by atoms with van der Waals surface area (Å²) < 4.78 is 7.50. The van der Waals surface area contributed by atoms with Crippen molar-refractivity contribution in [3.8, 4) is 0 Å². The van der Waals surface area contributed by atoms with Crippen LogP contribution in [0.25, 0.3) is 0 Å². The van der Waals surface area contributed by atoms with Crippen molar-refractivity contribution in [2.24, 2.45) is 0 Å². The molecule has 0 spiro atoms. The predicted molar refractivity (Wildman–Crippen MR) is 158 cm³/mol. The maximum absolute atomic E-state index is 8.25. The van der Waals surface area contributed by atoms with Crippen LogP contribution in [0.3, 0.4) is 0 Å². The molecule has 0 unspecified atom stereocenters. The average Bonchev–Trinajstić information content (AvgIpc) is 3.78. The fourth-order valence-corrected chi connectivity index (χ4v) is 18.3. The molecule has 6 rings (SSSR count). The fourth-order valence-electron chi connectivity index (χ4n) is 9.00. The zero-order valence-electron chi connectivity index (χ0n) is 25.0. The van der Waals surface area contributed by atoms with Crippen molar-refractivity contribution in [2.75, 3.05) is 0 Å². The molecule has 220 valence electrons. The first-order valence-corrected chi connectivity index (χ1v) is 19.2. The smallest absolute Gasteiger partial charge is 1.00 e. The van der Waals surface area contributed by atoms with E-state index >= 15 is 0 Å². The van der Waals surface area contributed by atoms with Gasteiger partial charge in [0, 0.05) is 6.47 Å². The number of carboxylic acid groups (broad SMARTS) is 1. The molecule has 6 fully saturated rings. The summed E-state index contributed by atoms with van der Waals surface area (Å²) in [6.07, 6.45) is 38.0. The van der Waals surface area contributed by atoms with Crippen LogP contribution >= 0.6 is 15.8 Å². The van der Waals surface area contributed by atoms with Gasteiger partial charge in [-0.05, 0) is 111 Å². The number of carbonyl (C=O) groups excluding carboxylic acids is 1. The van der Waals surface area contributed by atoms with Gasteiger partial charge in [0.15, 0.2) is 0 Å². The van der Waals surface area contributed by atoms with Crippen LogP contribution in [0, 0.1) is 6.65 Å². The molecule has 0 atom stereocenters. The Hall–Kier alpha value is 0.693. The monoisotopic (exact) mass is 652 g/mol. The van der Waals surface area contributed by atoms with Gasteiger partial charge in [0.25, 0.3) is 0 Å². The summed E-state index contributed by atoms with van der Waals surface area (Å²) in [5, 5.41) is 8.25. The van der Waals surface area contributed by atoms with Crippen molar-refractivity contribution < 1.29 is 35.5 Å². The molecule has 38 heavy (non-hydrogen) atoms. The van der Waals surface area contributed by atoms with Gasteiger partial charge in [-0.2, -0.15) is 0 Å². The van der Waals surface area contributed by atoms with E-state index in [0.717, 1.165) is 0 Å². The van der Waals surface area contributed by atoms with Crippen molar-refractivity contribution in [3.63, 3.8) is 0 Å². The molecule has 6 aliphatic carbocycles. The summed E-state index contributed by atoms with van der Waals surface area (Å²) in [4.78, 5) is 8.25. The molecule has 0 heterocycles. The SMILES string of the molecule is C1CCC(P(C2CCCC2)C2CCCC2)C1.C1CCC(P(C2CCCC2)C2CCCC2)C1.O=C[O-].[C-]#[O+].[H-].[Ru+2]. The van der Waals surface area contributed by atoms with Gasteiger partial charge in [0.05, 0.1) is 0 Å². The van der Waals surface area contributed by atoms with Gasteiger partial charge in [-0.3, -0.25) is 0 Å². The number of carbonyl (C=O) groups is 1. The quantitative estimate of drug-likeness (QED) is 0.0946. The normalized spacial score (nSPS) is 25.5. The molecule has 0 aromatic carbocycles. The summed E-state index contributed by atoms with van der Waals surface area (Å²) in [7, 11) is 0.872. The fraction of sp³-hybridized carbons (Fsp3) is 0.938. The van der Waals surface area contributed by atoms with E-state index in [1.165, 1.54) is 34.0 Å². The number of hydrogen-bond acceptors (Lipinski definition) is 2. The van der Waals surface area contributed by atoms with E-state index in [1.807, 2.05) is 0 Å². The Kier molecular flexibility index (Phi) is 18.9. The molecule has 6 aliphatic rings. The van der Waals surface area contributed by atoms with Crippen molar-refractivity contribution in [1.82, 2.24) is 0 Å². The molecular formula is C32H56O3P2Ru. The van der Waals surface area contributed by atoms with Crippen LogP contribution < -0.4 is 5.11 Å². The largest absolute Gasteiger partial charge is 2.00 e. The van der Waals surface area contributed by atoms with E-state index in [0.29, 0.717) is 15.8 Å². The molecule has 0 saturated heterocycles. The maximum Gasteiger partial charge on any atom is 2.00 e. The van der Waals surface area contributed by atoms with Crippen molar-refractivity contribution in [1.29, 1.82) is 0 Å². The van der Waals surface area contributed by atoms with Crippen LogP contribution in [0.2, 0.25) is 0 Å². The standard InChI is InChI=1S/2C15H27P.CH2O2.CO.Ru.H/c2*1-2-8-13(7-1)16(14-9-3-4-10-14)15-11-5-6-12-15;2-1-3;1-2;;/h2*13-15H,1-12H2;1H,(H,2,3);;;/q;;;;+2;-1/p-1. The average molecular weight is 652 g/mol. The van der Waals surface area contributed by atoms with Crippen LogP contribution in [-0.2, 0) is 28.9 Å². The molecule has 0 N–H and O–H groups in total. The summed E-state index contributed by atoms with van der Waals surface area (Å²) in [5.41, 5.74) is 7.26. The Morgan fingerprint density at radius 2 is 0.579 bits per heavy atom. The van der Waals surface area contributed by atoms with Crippen LogP contribution in [-0.4, -0.2) is 40.4 Å². The Labute approximate surface area is 251 Å². The van der Waals surface area contributed by atoms with Gasteiger partial charge < -0.3 is 11.3 Å². The van der Waals surface area contributed by atoms with Gasteiger partial charge in [0.2, 0.25) is 0 Å². The van der Waals surface area contributed by atoms with Gasteiger partial charge in [-0.15, -0.1) is 0 Å². The molecule has 0 aromatic rings. The summed E-state index contributed by atoms with van der Waals surface area (Å²) >= 11 is 0. The Bertz CT molecular complexity index is 494. The topological polar surface area (TPSA) is 60.0 Å². The Morgan fingerprint density at radius 1 is 0.474 bits per heavy atom. The second-order valence-corrected chi connectivity index (χ2v) is 18.8. The van der Waals surface area contributed by atoms with Crippen molar-refractivity contribution in [3.05, 3.63) is 6.65 Å². The molecule has 0 bridgehead atoms. The van der Waals surface area contributed by atoms with Gasteiger partial charge in [-0.1, -0.05) is 92.9 Å². The van der Waals surface area contributed by atoms with Crippen molar-refractivity contribution in [2.45, 2.75) is 188 Å². The third-order valence-electron chi connectivity index (χ3n) is 10.5. The molecule has 3 nitrogen and oxygen atoms in total. The summed E-state index contributed by atoms with van der Waals surface area (Å²) in [5.74, 6) is 0. The van der Waals surface area contributed by atoms with Crippen LogP contribution in [0.4, 0.5) is 0 Å². The van der Waals surface area contributed by atoms with E-state index in [2.05, 4.69) is 6.65 Å². The number of rotatable bonds is 6. The molecule has 0 radical (unpaired) electrons. The van der Waals surface area contributed by atoms with E-state index < -0.39 is 6.47 Å². The molecule has 6 heteroatoms. The number of hydrogen-bond donors (Lipinski definition) is 0. The van der Waals surface area contributed by atoms with Gasteiger partial charge in [0.1, 0.15) is 0 Å². The Balaban J connectivity index is 0.000000321. The first kappa shape index (κ1) is 34.9. The maximum atomic E-state index is 8.25. The van der Waals surface area contributed by atoms with E-state index in [-0.39, 0.29) is 20.9 Å². The first-order chi connectivity index (χ1) is 18.3. The Morgan fingerprint density at radius 3 is 0.684 bits per heavy atom. The zero-order valence-corrected chi connectivity index (χ0v) is 27.5. The molecule has 0 aliphatic heterocycles. The van der Waals surface area contributed by atoms with Crippen LogP contribution in [0.5, 0.6) is 0 Å². The minimum atomic E-state index is -0.500. The van der Waals surface area contributed by atoms with Gasteiger partial charge in [-0.25, -0.2) is 0 Å². The molecule has 6 saturated carbocycles. The van der Waals surface area contributed by atoms with E-state index in [4.69, 9.17) is 14.6 Å². The minimum Gasteiger partial charge on any atom is -1.00 e. The molecule has 0 amide bonds. The molecule has 0 aromatic heterocycles. The predicted octanol–water partition coefficient (Wildman–Crippen LogP) is 9.03. The second kappa shape index (κ2) is 20.6. The third-order valence-corrected chi connectivity index (χ3v) is 18.6. The van der Waals surface area contributed by atoms with E-state index in [1.54, 1.807) is 154 Å². The summed E-state index contributed by atoms with van der Waals surface area (Å²) in [6.45, 7) is 4.00. The molecular weight excluding hydrogens is 595 g/mol. The summed E-state index contributed by atoms with van der Waals surface area (Å²) in [6, 6.07) is 0. The second-order valence-electron chi connectivity index (χ2n) is 12.6. The third kappa shape index (κ3) is 10.5. The minimum absolute atomic E-state index is 0. The first-order valence-electron chi connectivity index (χ1n) is 16.1.